The van der Waals surface area contributed by atoms with Crippen LogP contribution in [0.15, 0.2) is 12.4 Å². The molecule has 6 heteroatoms. The molecule has 0 aliphatic rings. The molecule has 0 unspecified atom stereocenters. The van der Waals surface area contributed by atoms with E-state index in [1.165, 1.54) is 0 Å². The van der Waals surface area contributed by atoms with E-state index in [2.05, 4.69) is 95.3 Å². The third-order valence-corrected chi connectivity index (χ3v) is 5.76. The fourth-order valence-electron chi connectivity index (χ4n) is 2.73. The lowest BCUT2D eigenvalue weighted by atomic mass is 9.86. The SMILES string of the molecule is CCC(C)(C)c1cn(C(C)(C)CCC(C)(C)n2cc(C(C)C)nn2)nn1. The van der Waals surface area contributed by atoms with Gasteiger partial charge in [0.2, 0.25) is 0 Å². The summed E-state index contributed by atoms with van der Waals surface area (Å²) in [5, 5.41) is 17.5. The van der Waals surface area contributed by atoms with Gasteiger partial charge in [-0.1, -0.05) is 45.0 Å². The van der Waals surface area contributed by atoms with Gasteiger partial charge in [-0.05, 0) is 52.9 Å². The van der Waals surface area contributed by atoms with Crippen LogP contribution in [-0.4, -0.2) is 30.0 Å². The Hall–Kier alpha value is -1.72. The molecular weight excluding hydrogens is 324 g/mol. The van der Waals surface area contributed by atoms with Gasteiger partial charge in [0.05, 0.1) is 22.5 Å². The smallest absolute Gasteiger partial charge is 0.0883 e. The van der Waals surface area contributed by atoms with Gasteiger partial charge >= 0.3 is 0 Å². The van der Waals surface area contributed by atoms with E-state index >= 15 is 0 Å². The molecule has 0 atom stereocenters. The number of hydrogen-bond acceptors (Lipinski definition) is 4. The minimum absolute atomic E-state index is 0.0571. The first-order valence-corrected chi connectivity index (χ1v) is 9.75. The highest BCUT2D eigenvalue weighted by molar-refractivity contribution is 5.09. The highest BCUT2D eigenvalue weighted by atomic mass is 15.5. The lowest BCUT2D eigenvalue weighted by Crippen LogP contribution is -2.33. The molecule has 0 amide bonds. The lowest BCUT2D eigenvalue weighted by Gasteiger charge is -2.31. The maximum absolute atomic E-state index is 4.44. The average molecular weight is 361 g/mol. The van der Waals surface area contributed by atoms with E-state index in [0.717, 1.165) is 30.7 Å². The van der Waals surface area contributed by atoms with Crippen molar-refractivity contribution in [3.05, 3.63) is 23.8 Å². The van der Waals surface area contributed by atoms with Crippen LogP contribution in [-0.2, 0) is 16.5 Å². The minimum atomic E-state index is -0.103. The molecule has 0 aliphatic heterocycles. The summed E-state index contributed by atoms with van der Waals surface area (Å²) in [6.07, 6.45) is 7.20. The van der Waals surface area contributed by atoms with Crippen LogP contribution in [0.5, 0.6) is 0 Å². The summed E-state index contributed by atoms with van der Waals surface area (Å²) in [4.78, 5) is 0. The maximum Gasteiger partial charge on any atom is 0.0883 e. The van der Waals surface area contributed by atoms with Gasteiger partial charge in [-0.2, -0.15) is 0 Å². The Balaban J connectivity index is 2.11. The lowest BCUT2D eigenvalue weighted by molar-refractivity contribution is 0.209. The first-order chi connectivity index (χ1) is 11.9. The standard InChI is InChI=1S/C20H36N6/c1-10-18(4,5)17-14-26(24-22-17)20(8,9)12-11-19(6,7)25-13-16(15(2)3)21-23-25/h13-15H,10-12H2,1-9H3. The summed E-state index contributed by atoms with van der Waals surface area (Å²) in [7, 11) is 0. The van der Waals surface area contributed by atoms with Crippen LogP contribution in [0.3, 0.4) is 0 Å². The van der Waals surface area contributed by atoms with E-state index in [1.807, 2.05) is 9.36 Å². The van der Waals surface area contributed by atoms with Crippen LogP contribution in [0.1, 0.15) is 98.9 Å². The summed E-state index contributed by atoms with van der Waals surface area (Å²) in [5.74, 6) is 0.395. The van der Waals surface area contributed by atoms with Crippen molar-refractivity contribution < 1.29 is 0 Å². The highest BCUT2D eigenvalue weighted by Crippen LogP contribution is 2.31. The predicted octanol–water partition coefficient (Wildman–Crippen LogP) is 4.63. The summed E-state index contributed by atoms with van der Waals surface area (Å²) >= 11 is 0. The Kier molecular flexibility index (Phi) is 5.64. The summed E-state index contributed by atoms with van der Waals surface area (Å²) in [5.41, 5.74) is 1.96. The number of aromatic nitrogens is 6. The van der Waals surface area contributed by atoms with Crippen LogP contribution in [0.4, 0.5) is 0 Å². The largest absolute Gasteiger partial charge is 0.247 e. The first kappa shape index (κ1) is 20.6. The summed E-state index contributed by atoms with van der Waals surface area (Å²) in [6.45, 7) is 19.8. The number of hydrogen-bond donors (Lipinski definition) is 0. The van der Waals surface area contributed by atoms with Crippen molar-refractivity contribution >= 4 is 0 Å². The van der Waals surface area contributed by atoms with E-state index in [0.29, 0.717) is 5.92 Å². The van der Waals surface area contributed by atoms with Crippen molar-refractivity contribution in [3.8, 4) is 0 Å². The molecule has 0 N–H and O–H groups in total. The molecule has 2 heterocycles. The fourth-order valence-corrected chi connectivity index (χ4v) is 2.73. The zero-order valence-corrected chi connectivity index (χ0v) is 18.0. The van der Waals surface area contributed by atoms with E-state index in [4.69, 9.17) is 0 Å². The summed E-state index contributed by atoms with van der Waals surface area (Å²) < 4.78 is 4.03. The number of nitrogens with zero attached hydrogens (tertiary/aromatic N) is 6. The van der Waals surface area contributed by atoms with E-state index in [9.17, 15) is 0 Å². The number of rotatable bonds is 8. The molecule has 0 aliphatic carbocycles. The van der Waals surface area contributed by atoms with Gasteiger partial charge in [0.25, 0.3) is 0 Å². The molecule has 2 rings (SSSR count). The topological polar surface area (TPSA) is 61.4 Å². The molecule has 26 heavy (non-hydrogen) atoms. The van der Waals surface area contributed by atoms with Gasteiger partial charge in [0, 0.05) is 17.8 Å². The molecule has 0 radical (unpaired) electrons. The molecule has 0 bridgehead atoms. The zero-order chi connectivity index (χ0) is 19.8. The van der Waals surface area contributed by atoms with Gasteiger partial charge in [-0.15, -0.1) is 10.2 Å². The van der Waals surface area contributed by atoms with Crippen molar-refractivity contribution in [1.29, 1.82) is 0 Å². The van der Waals surface area contributed by atoms with Crippen LogP contribution in [0, 0.1) is 0 Å². The second kappa shape index (κ2) is 7.12. The van der Waals surface area contributed by atoms with Gasteiger partial charge in [0.1, 0.15) is 0 Å². The Labute approximate surface area is 158 Å². The molecule has 2 aromatic heterocycles. The minimum Gasteiger partial charge on any atom is -0.247 e. The van der Waals surface area contributed by atoms with Gasteiger partial charge in [0.15, 0.2) is 0 Å². The van der Waals surface area contributed by atoms with Crippen molar-refractivity contribution in [3.63, 3.8) is 0 Å². The molecule has 0 saturated heterocycles. The fraction of sp³-hybridized carbons (Fsp3) is 0.800. The monoisotopic (exact) mass is 360 g/mol. The van der Waals surface area contributed by atoms with Crippen molar-refractivity contribution in [2.24, 2.45) is 0 Å². The first-order valence-electron chi connectivity index (χ1n) is 9.75. The molecule has 0 fully saturated rings. The quantitative estimate of drug-likeness (QED) is 0.688. The van der Waals surface area contributed by atoms with Gasteiger partial charge < -0.3 is 0 Å². The average Bonchev–Trinajstić information content (AvgIpc) is 3.23. The third-order valence-electron chi connectivity index (χ3n) is 5.76. The van der Waals surface area contributed by atoms with Crippen LogP contribution >= 0.6 is 0 Å². The van der Waals surface area contributed by atoms with Gasteiger partial charge in [-0.3, -0.25) is 0 Å². The second-order valence-corrected chi connectivity index (χ2v) is 9.65. The molecule has 0 saturated carbocycles. The van der Waals surface area contributed by atoms with Crippen molar-refractivity contribution in [2.75, 3.05) is 0 Å². The molecule has 0 aromatic carbocycles. The molecular formula is C20H36N6. The Morgan fingerprint density at radius 1 is 0.846 bits per heavy atom. The zero-order valence-electron chi connectivity index (χ0n) is 18.0. The van der Waals surface area contributed by atoms with Gasteiger partial charge in [-0.25, -0.2) is 9.36 Å². The predicted molar refractivity (Wildman–Crippen MR) is 105 cm³/mol. The van der Waals surface area contributed by atoms with E-state index in [1.54, 1.807) is 0 Å². The normalized spacial score (nSPS) is 13.6. The Morgan fingerprint density at radius 3 is 1.81 bits per heavy atom. The van der Waals surface area contributed by atoms with E-state index < -0.39 is 0 Å². The highest BCUT2D eigenvalue weighted by Gasteiger charge is 2.30. The molecule has 2 aromatic rings. The van der Waals surface area contributed by atoms with E-state index in [-0.39, 0.29) is 16.5 Å². The van der Waals surface area contributed by atoms with Crippen molar-refractivity contribution in [2.45, 2.75) is 104 Å². The third kappa shape index (κ3) is 4.33. The Bertz CT molecular complexity index is 720. The molecule has 0 spiro atoms. The maximum atomic E-state index is 4.44. The van der Waals surface area contributed by atoms with Crippen LogP contribution in [0.2, 0.25) is 0 Å². The van der Waals surface area contributed by atoms with Crippen LogP contribution < -0.4 is 0 Å². The Morgan fingerprint density at radius 2 is 1.35 bits per heavy atom. The van der Waals surface area contributed by atoms with Crippen molar-refractivity contribution in [1.82, 2.24) is 30.0 Å². The molecule has 6 nitrogen and oxygen atoms in total. The van der Waals surface area contributed by atoms with Crippen LogP contribution in [0.25, 0.3) is 0 Å². The summed E-state index contributed by atoms with van der Waals surface area (Å²) in [6, 6.07) is 0. The molecule has 146 valence electrons. The second-order valence-electron chi connectivity index (χ2n) is 9.65.